The standard InChI is InChI=1S/C16H14N2O3/c1-21-13-7-3-2-6-11(13)12-10-17-14(16(19)20)15(12)18-8-4-5-9-18/h2-10,17H,1H3,(H,19,20). The van der Waals surface area contributed by atoms with E-state index in [1.54, 1.807) is 17.9 Å². The summed E-state index contributed by atoms with van der Waals surface area (Å²) in [6.07, 6.45) is 5.32. The third kappa shape index (κ3) is 2.18. The lowest BCUT2D eigenvalue weighted by atomic mass is 10.1. The number of carboxylic acid groups (broad SMARTS) is 1. The summed E-state index contributed by atoms with van der Waals surface area (Å²) < 4.78 is 7.15. The minimum atomic E-state index is -1.00. The van der Waals surface area contributed by atoms with Gasteiger partial charge in [0.2, 0.25) is 0 Å². The zero-order valence-corrected chi connectivity index (χ0v) is 11.4. The molecule has 5 heteroatoms. The minimum Gasteiger partial charge on any atom is -0.496 e. The van der Waals surface area contributed by atoms with Crippen molar-refractivity contribution in [1.29, 1.82) is 0 Å². The lowest BCUT2D eigenvalue weighted by Crippen LogP contribution is -2.03. The minimum absolute atomic E-state index is 0.145. The van der Waals surface area contributed by atoms with E-state index in [0.717, 1.165) is 11.1 Å². The van der Waals surface area contributed by atoms with Crippen LogP contribution < -0.4 is 4.74 Å². The van der Waals surface area contributed by atoms with Crippen molar-refractivity contribution in [3.8, 4) is 22.6 Å². The van der Waals surface area contributed by atoms with Gasteiger partial charge in [0.25, 0.3) is 0 Å². The highest BCUT2D eigenvalue weighted by Gasteiger charge is 2.20. The molecule has 1 aromatic carbocycles. The molecular weight excluding hydrogens is 268 g/mol. The Balaban J connectivity index is 2.27. The summed E-state index contributed by atoms with van der Waals surface area (Å²) >= 11 is 0. The van der Waals surface area contributed by atoms with Crippen LogP contribution in [-0.4, -0.2) is 27.7 Å². The first-order valence-corrected chi connectivity index (χ1v) is 6.43. The Morgan fingerprint density at radius 2 is 1.86 bits per heavy atom. The van der Waals surface area contributed by atoms with Gasteiger partial charge in [-0.05, 0) is 18.2 Å². The Bertz CT molecular complexity index is 773. The van der Waals surface area contributed by atoms with E-state index in [1.807, 2.05) is 48.8 Å². The van der Waals surface area contributed by atoms with Gasteiger partial charge in [0.15, 0.2) is 0 Å². The average Bonchev–Trinajstić information content (AvgIpc) is 3.15. The maximum absolute atomic E-state index is 11.4. The van der Waals surface area contributed by atoms with Gasteiger partial charge in [-0.25, -0.2) is 4.79 Å². The van der Waals surface area contributed by atoms with Crippen LogP contribution in [0.5, 0.6) is 5.75 Å². The molecule has 0 saturated carbocycles. The highest BCUT2D eigenvalue weighted by atomic mass is 16.5. The third-order valence-electron chi connectivity index (χ3n) is 3.33. The van der Waals surface area contributed by atoms with E-state index in [9.17, 15) is 9.90 Å². The van der Waals surface area contributed by atoms with Gasteiger partial charge in [0.1, 0.15) is 11.4 Å². The van der Waals surface area contributed by atoms with Crippen LogP contribution in [-0.2, 0) is 0 Å². The van der Waals surface area contributed by atoms with Crippen molar-refractivity contribution in [2.75, 3.05) is 7.11 Å². The van der Waals surface area contributed by atoms with Gasteiger partial charge in [-0.3, -0.25) is 0 Å². The molecule has 0 aliphatic carbocycles. The molecule has 3 rings (SSSR count). The zero-order chi connectivity index (χ0) is 14.8. The molecule has 2 heterocycles. The molecule has 0 spiro atoms. The van der Waals surface area contributed by atoms with Gasteiger partial charge in [0.05, 0.1) is 12.8 Å². The summed E-state index contributed by atoms with van der Waals surface area (Å²) in [6.45, 7) is 0. The molecule has 0 saturated heterocycles. The number of H-pyrrole nitrogens is 1. The number of aromatic carboxylic acids is 1. The summed E-state index contributed by atoms with van der Waals surface area (Å²) in [5.41, 5.74) is 2.36. The molecule has 3 aromatic rings. The van der Waals surface area contributed by atoms with E-state index in [2.05, 4.69) is 4.98 Å². The van der Waals surface area contributed by atoms with E-state index in [1.165, 1.54) is 0 Å². The second-order valence-electron chi connectivity index (χ2n) is 4.52. The Morgan fingerprint density at radius 1 is 1.14 bits per heavy atom. The molecule has 0 bridgehead atoms. The monoisotopic (exact) mass is 282 g/mol. The average molecular weight is 282 g/mol. The van der Waals surface area contributed by atoms with Crippen molar-refractivity contribution in [3.63, 3.8) is 0 Å². The van der Waals surface area contributed by atoms with Gasteiger partial charge in [-0.15, -0.1) is 0 Å². The molecule has 0 unspecified atom stereocenters. The topological polar surface area (TPSA) is 67.2 Å². The van der Waals surface area contributed by atoms with Gasteiger partial charge in [-0.1, -0.05) is 18.2 Å². The van der Waals surface area contributed by atoms with Crippen molar-refractivity contribution >= 4 is 5.97 Å². The number of carboxylic acids is 1. The van der Waals surface area contributed by atoms with E-state index >= 15 is 0 Å². The largest absolute Gasteiger partial charge is 0.496 e. The quantitative estimate of drug-likeness (QED) is 0.772. The molecule has 0 fully saturated rings. The molecule has 5 nitrogen and oxygen atoms in total. The Kier molecular flexibility index (Phi) is 3.23. The van der Waals surface area contributed by atoms with Crippen LogP contribution in [0.1, 0.15) is 10.5 Å². The molecule has 0 aliphatic rings. The number of benzene rings is 1. The first kappa shape index (κ1) is 13.1. The van der Waals surface area contributed by atoms with Crippen LogP contribution in [0.15, 0.2) is 55.0 Å². The smallest absolute Gasteiger partial charge is 0.354 e. The molecule has 0 aliphatic heterocycles. The second kappa shape index (κ2) is 5.20. The van der Waals surface area contributed by atoms with Gasteiger partial charge < -0.3 is 19.4 Å². The Morgan fingerprint density at radius 3 is 2.52 bits per heavy atom. The van der Waals surface area contributed by atoms with Crippen molar-refractivity contribution in [2.24, 2.45) is 0 Å². The number of nitrogens with zero attached hydrogens (tertiary/aromatic N) is 1. The van der Waals surface area contributed by atoms with E-state index in [-0.39, 0.29) is 5.69 Å². The van der Waals surface area contributed by atoms with E-state index < -0.39 is 5.97 Å². The summed E-state index contributed by atoms with van der Waals surface area (Å²) in [4.78, 5) is 14.3. The maximum Gasteiger partial charge on any atom is 0.354 e. The molecule has 21 heavy (non-hydrogen) atoms. The Hall–Kier alpha value is -2.95. The molecule has 2 N–H and O–H groups in total. The number of hydrogen-bond donors (Lipinski definition) is 2. The highest BCUT2D eigenvalue weighted by molar-refractivity contribution is 5.95. The fourth-order valence-electron chi connectivity index (χ4n) is 2.40. The van der Waals surface area contributed by atoms with Gasteiger partial charge >= 0.3 is 5.97 Å². The number of ether oxygens (including phenoxy) is 1. The van der Waals surface area contributed by atoms with Crippen molar-refractivity contribution < 1.29 is 14.6 Å². The van der Waals surface area contributed by atoms with Crippen molar-refractivity contribution in [1.82, 2.24) is 9.55 Å². The summed E-state index contributed by atoms with van der Waals surface area (Å²) in [6, 6.07) is 11.2. The number of para-hydroxylation sites is 1. The van der Waals surface area contributed by atoms with Crippen LogP contribution in [0.25, 0.3) is 16.8 Å². The highest BCUT2D eigenvalue weighted by Crippen LogP contribution is 2.35. The number of aromatic nitrogens is 2. The van der Waals surface area contributed by atoms with Crippen molar-refractivity contribution in [2.45, 2.75) is 0 Å². The molecule has 0 atom stereocenters. The lowest BCUT2D eigenvalue weighted by Gasteiger charge is -2.10. The first-order valence-electron chi connectivity index (χ1n) is 6.43. The number of methoxy groups -OCH3 is 1. The number of hydrogen-bond acceptors (Lipinski definition) is 2. The van der Waals surface area contributed by atoms with Crippen LogP contribution in [0.4, 0.5) is 0 Å². The molecule has 106 valence electrons. The predicted molar refractivity (Wildman–Crippen MR) is 79.1 cm³/mol. The zero-order valence-electron chi connectivity index (χ0n) is 11.4. The van der Waals surface area contributed by atoms with Crippen LogP contribution in [0, 0.1) is 0 Å². The summed E-state index contributed by atoms with van der Waals surface area (Å²) in [5.74, 6) is -0.304. The SMILES string of the molecule is COc1ccccc1-c1c[nH]c(C(=O)O)c1-n1cccc1. The molecule has 0 amide bonds. The van der Waals surface area contributed by atoms with E-state index in [0.29, 0.717) is 11.4 Å². The van der Waals surface area contributed by atoms with E-state index in [4.69, 9.17) is 4.74 Å². The molecule has 2 aromatic heterocycles. The lowest BCUT2D eigenvalue weighted by molar-refractivity contribution is 0.0691. The second-order valence-corrected chi connectivity index (χ2v) is 4.52. The fraction of sp³-hybridized carbons (Fsp3) is 0.0625. The Labute approximate surface area is 121 Å². The van der Waals surface area contributed by atoms with Crippen LogP contribution in [0.2, 0.25) is 0 Å². The molecule has 0 radical (unpaired) electrons. The van der Waals surface area contributed by atoms with Gasteiger partial charge in [0, 0.05) is 29.7 Å². The molecular formula is C16H14N2O3. The predicted octanol–water partition coefficient (Wildman–Crippen LogP) is 3.18. The van der Waals surface area contributed by atoms with Crippen LogP contribution in [0.3, 0.4) is 0 Å². The summed E-state index contributed by atoms with van der Waals surface area (Å²) in [7, 11) is 1.60. The number of carbonyl (C=O) groups is 1. The third-order valence-corrected chi connectivity index (χ3v) is 3.33. The normalized spacial score (nSPS) is 10.5. The number of rotatable bonds is 4. The number of aromatic amines is 1. The van der Waals surface area contributed by atoms with Crippen LogP contribution >= 0.6 is 0 Å². The van der Waals surface area contributed by atoms with Crippen molar-refractivity contribution in [3.05, 3.63) is 60.7 Å². The fourth-order valence-corrected chi connectivity index (χ4v) is 2.40. The maximum atomic E-state index is 11.4. The number of nitrogens with one attached hydrogen (secondary N) is 1. The van der Waals surface area contributed by atoms with Gasteiger partial charge in [-0.2, -0.15) is 0 Å². The first-order chi connectivity index (χ1) is 10.2. The summed E-state index contributed by atoms with van der Waals surface area (Å²) in [5, 5.41) is 9.38.